The molecule has 0 radical (unpaired) electrons. The monoisotopic (exact) mass is 236 g/mol. The second kappa shape index (κ2) is 3.95. The lowest BCUT2D eigenvalue weighted by molar-refractivity contribution is 0.273. The van der Waals surface area contributed by atoms with E-state index in [4.69, 9.17) is 5.11 Å². The van der Waals surface area contributed by atoms with Gasteiger partial charge in [-0.3, -0.25) is 0 Å². The summed E-state index contributed by atoms with van der Waals surface area (Å²) in [5, 5.41) is 17.7. The molecule has 2 aromatic heterocycles. The molecule has 2 heterocycles. The van der Waals surface area contributed by atoms with E-state index in [9.17, 15) is 0 Å². The van der Waals surface area contributed by atoms with Gasteiger partial charge in [0.25, 0.3) is 0 Å². The Hall–Kier alpha value is -1.27. The number of hydrogen-bond acceptors (Lipinski definition) is 5. The molecular weight excluding hydrogens is 224 g/mol. The average Bonchev–Trinajstić information content (AvgIpc) is 2.94. The molecule has 0 atom stereocenters. The van der Waals surface area contributed by atoms with Crippen LogP contribution in [-0.2, 0) is 19.4 Å². The minimum atomic E-state index is -0.0583. The third-order valence-electron chi connectivity index (χ3n) is 2.80. The summed E-state index contributed by atoms with van der Waals surface area (Å²) in [6, 6.07) is 0. The van der Waals surface area contributed by atoms with Crippen molar-refractivity contribution in [3.63, 3.8) is 0 Å². The third kappa shape index (κ3) is 1.54. The molecule has 1 N–H and O–H groups in total. The van der Waals surface area contributed by atoms with E-state index in [-0.39, 0.29) is 6.61 Å². The number of thiazole rings is 1. The van der Waals surface area contributed by atoms with Crippen molar-refractivity contribution in [3.8, 4) is 5.13 Å². The average molecular weight is 236 g/mol. The number of fused-ring (bicyclic) bond motifs is 1. The van der Waals surface area contributed by atoms with E-state index in [1.807, 2.05) is 0 Å². The minimum Gasteiger partial charge on any atom is -0.390 e. The number of nitrogens with zero attached hydrogens (tertiary/aromatic N) is 4. The fourth-order valence-electron chi connectivity index (χ4n) is 1.95. The van der Waals surface area contributed by atoms with Crippen molar-refractivity contribution in [1.29, 1.82) is 0 Å². The Balaban J connectivity index is 2.03. The number of hydrogen-bond donors (Lipinski definition) is 1. The second-order valence-corrected chi connectivity index (χ2v) is 4.93. The van der Waals surface area contributed by atoms with Crippen molar-refractivity contribution in [2.24, 2.45) is 0 Å². The Bertz CT molecular complexity index is 481. The summed E-state index contributed by atoms with van der Waals surface area (Å²) in [6.45, 7) is -0.0583. The maximum Gasteiger partial charge on any atom is 0.212 e. The smallest absolute Gasteiger partial charge is 0.212 e. The van der Waals surface area contributed by atoms with Crippen LogP contribution in [-0.4, -0.2) is 25.1 Å². The summed E-state index contributed by atoms with van der Waals surface area (Å²) in [6.07, 6.45) is 6.23. The van der Waals surface area contributed by atoms with Crippen LogP contribution in [0.5, 0.6) is 0 Å². The highest BCUT2D eigenvalue weighted by Gasteiger charge is 2.17. The van der Waals surface area contributed by atoms with Crippen molar-refractivity contribution >= 4 is 11.3 Å². The summed E-state index contributed by atoms with van der Waals surface area (Å²) in [4.78, 5) is 5.93. The van der Waals surface area contributed by atoms with E-state index in [1.165, 1.54) is 23.4 Å². The normalized spacial score (nSPS) is 15.1. The van der Waals surface area contributed by atoms with E-state index in [0.717, 1.165) is 18.0 Å². The molecule has 1 aliphatic carbocycles. The van der Waals surface area contributed by atoms with Crippen LogP contribution in [0.15, 0.2) is 6.20 Å². The predicted octanol–water partition coefficient (Wildman–Crippen LogP) is 1.09. The Labute approximate surface area is 96.8 Å². The standard InChI is InChI=1S/C10H12N4OS/c15-6-7-5-11-13-14(7)10-12-8-3-1-2-4-9(8)16-10/h5,15H,1-4,6H2. The zero-order chi connectivity index (χ0) is 11.0. The maximum absolute atomic E-state index is 9.15. The lowest BCUT2D eigenvalue weighted by Gasteiger charge is -2.06. The molecular formula is C10H12N4OS. The molecule has 3 rings (SSSR count). The van der Waals surface area contributed by atoms with Gasteiger partial charge in [0.15, 0.2) is 0 Å². The quantitative estimate of drug-likeness (QED) is 0.848. The van der Waals surface area contributed by atoms with Crippen LogP contribution in [0.25, 0.3) is 5.13 Å². The number of aryl methyl sites for hydroxylation is 2. The molecule has 0 saturated carbocycles. The van der Waals surface area contributed by atoms with Crippen LogP contribution in [0.2, 0.25) is 0 Å². The van der Waals surface area contributed by atoms with E-state index < -0.39 is 0 Å². The molecule has 0 aliphatic heterocycles. The van der Waals surface area contributed by atoms with Gasteiger partial charge in [0.2, 0.25) is 5.13 Å². The van der Waals surface area contributed by atoms with Crippen LogP contribution in [0, 0.1) is 0 Å². The number of aliphatic hydroxyl groups is 1. The lowest BCUT2D eigenvalue weighted by atomic mass is 10.0. The van der Waals surface area contributed by atoms with Gasteiger partial charge in [0.1, 0.15) is 0 Å². The van der Waals surface area contributed by atoms with Crippen molar-refractivity contribution in [2.45, 2.75) is 32.3 Å². The van der Waals surface area contributed by atoms with Crippen LogP contribution >= 0.6 is 11.3 Å². The van der Waals surface area contributed by atoms with Gasteiger partial charge in [0, 0.05) is 4.88 Å². The van der Waals surface area contributed by atoms with Gasteiger partial charge in [-0.2, -0.15) is 4.68 Å². The Morgan fingerprint density at radius 1 is 1.38 bits per heavy atom. The molecule has 0 bridgehead atoms. The molecule has 2 aromatic rings. The van der Waals surface area contributed by atoms with Crippen molar-refractivity contribution in [2.75, 3.05) is 0 Å². The van der Waals surface area contributed by atoms with Gasteiger partial charge >= 0.3 is 0 Å². The summed E-state index contributed by atoms with van der Waals surface area (Å²) in [5.74, 6) is 0. The molecule has 1 aliphatic rings. The lowest BCUT2D eigenvalue weighted by Crippen LogP contribution is -2.02. The first-order valence-corrected chi connectivity index (χ1v) is 6.19. The van der Waals surface area contributed by atoms with Gasteiger partial charge in [0.05, 0.1) is 24.2 Å². The van der Waals surface area contributed by atoms with Crippen molar-refractivity contribution < 1.29 is 5.11 Å². The van der Waals surface area contributed by atoms with E-state index >= 15 is 0 Å². The fourth-order valence-corrected chi connectivity index (χ4v) is 3.08. The molecule has 0 fully saturated rings. The highest BCUT2D eigenvalue weighted by atomic mass is 32.1. The molecule has 6 heteroatoms. The third-order valence-corrected chi connectivity index (χ3v) is 3.93. The molecule has 16 heavy (non-hydrogen) atoms. The van der Waals surface area contributed by atoms with Crippen LogP contribution in [0.1, 0.15) is 29.1 Å². The Kier molecular flexibility index (Phi) is 2.45. The summed E-state index contributed by atoms with van der Waals surface area (Å²) >= 11 is 1.66. The largest absolute Gasteiger partial charge is 0.390 e. The minimum absolute atomic E-state index is 0.0583. The van der Waals surface area contributed by atoms with Crippen molar-refractivity contribution in [3.05, 3.63) is 22.5 Å². The molecule has 0 unspecified atom stereocenters. The van der Waals surface area contributed by atoms with Gasteiger partial charge in [-0.25, -0.2) is 4.98 Å². The van der Waals surface area contributed by atoms with Crippen LogP contribution in [0.4, 0.5) is 0 Å². The van der Waals surface area contributed by atoms with E-state index in [2.05, 4.69) is 15.3 Å². The topological polar surface area (TPSA) is 63.8 Å². The summed E-state index contributed by atoms with van der Waals surface area (Å²) in [5.41, 5.74) is 1.89. The maximum atomic E-state index is 9.15. The molecule has 0 aromatic carbocycles. The second-order valence-electron chi connectivity index (χ2n) is 3.87. The van der Waals surface area contributed by atoms with Gasteiger partial charge in [-0.05, 0) is 25.7 Å². The summed E-state index contributed by atoms with van der Waals surface area (Å²) < 4.78 is 1.63. The number of aliphatic hydroxyl groups excluding tert-OH is 1. The Morgan fingerprint density at radius 3 is 3.06 bits per heavy atom. The molecule has 0 saturated heterocycles. The Morgan fingerprint density at radius 2 is 2.25 bits per heavy atom. The van der Waals surface area contributed by atoms with Crippen LogP contribution < -0.4 is 0 Å². The van der Waals surface area contributed by atoms with Gasteiger partial charge in [-0.1, -0.05) is 16.6 Å². The zero-order valence-corrected chi connectivity index (χ0v) is 9.57. The summed E-state index contributed by atoms with van der Waals surface area (Å²) in [7, 11) is 0. The van der Waals surface area contributed by atoms with E-state index in [0.29, 0.717) is 5.69 Å². The van der Waals surface area contributed by atoms with Crippen molar-refractivity contribution in [1.82, 2.24) is 20.0 Å². The molecule has 0 spiro atoms. The predicted molar refractivity (Wildman–Crippen MR) is 59.6 cm³/mol. The first-order valence-electron chi connectivity index (χ1n) is 5.38. The van der Waals surface area contributed by atoms with Crippen LogP contribution in [0.3, 0.4) is 0 Å². The number of aromatic nitrogens is 4. The van der Waals surface area contributed by atoms with E-state index in [1.54, 1.807) is 22.2 Å². The molecule has 84 valence electrons. The van der Waals surface area contributed by atoms with Gasteiger partial charge < -0.3 is 5.11 Å². The molecule has 5 nitrogen and oxygen atoms in total. The molecule has 0 amide bonds. The van der Waals surface area contributed by atoms with Gasteiger partial charge in [-0.15, -0.1) is 5.10 Å². The highest BCUT2D eigenvalue weighted by molar-refractivity contribution is 7.14. The highest BCUT2D eigenvalue weighted by Crippen LogP contribution is 2.28. The zero-order valence-electron chi connectivity index (χ0n) is 8.76. The SMILES string of the molecule is OCc1cnnn1-c1nc2c(s1)CCCC2. The first-order chi connectivity index (χ1) is 7.88. The number of rotatable bonds is 2. The first kappa shape index (κ1) is 9.92. The fraction of sp³-hybridized carbons (Fsp3) is 0.500.